The van der Waals surface area contributed by atoms with Crippen molar-refractivity contribution in [3.8, 4) is 0 Å². The molecule has 0 aromatic rings. The first kappa shape index (κ1) is 11.9. The van der Waals surface area contributed by atoms with E-state index in [1.807, 2.05) is 0 Å². The molecule has 0 radical (unpaired) electrons. The molecule has 15 heavy (non-hydrogen) atoms. The summed E-state index contributed by atoms with van der Waals surface area (Å²) in [4.78, 5) is 45.1. The van der Waals surface area contributed by atoms with Crippen LogP contribution in [0.3, 0.4) is 0 Å². The van der Waals surface area contributed by atoms with Crippen LogP contribution in [-0.4, -0.2) is 39.9 Å². The highest BCUT2D eigenvalue weighted by Crippen LogP contribution is 2.12. The van der Waals surface area contributed by atoms with Gasteiger partial charge in [-0.05, 0) is 0 Å². The van der Waals surface area contributed by atoms with E-state index in [0.29, 0.717) is 0 Å². The van der Waals surface area contributed by atoms with Crippen LogP contribution in [0.2, 0.25) is 0 Å². The standard InChI is InChI=1S/C9H11NO4S/c1-6(11)15-5-7(12)4-10-8(13)2-3-9(10)14/h2-5H2,1H3. The number of Topliss-reactive ketones (excluding diaryl/α,β-unsaturated/α-hetero) is 1. The summed E-state index contributed by atoms with van der Waals surface area (Å²) in [5.74, 6) is -0.868. The van der Waals surface area contributed by atoms with E-state index in [1.54, 1.807) is 0 Å². The Bertz CT molecular complexity index is 310. The molecule has 5 nitrogen and oxygen atoms in total. The number of carbonyl (C=O) groups is 4. The van der Waals surface area contributed by atoms with Gasteiger partial charge in [-0.1, -0.05) is 11.8 Å². The third-order valence-corrected chi connectivity index (χ3v) is 2.80. The lowest BCUT2D eigenvalue weighted by atomic mass is 10.4. The van der Waals surface area contributed by atoms with Gasteiger partial charge in [0.2, 0.25) is 11.8 Å². The number of hydrogen-bond acceptors (Lipinski definition) is 5. The predicted octanol–water partition coefficient (Wildman–Crippen LogP) is -0.0158. The second-order valence-corrected chi connectivity index (χ2v) is 4.34. The van der Waals surface area contributed by atoms with Gasteiger partial charge in [-0.25, -0.2) is 0 Å². The van der Waals surface area contributed by atoms with Crippen LogP contribution in [-0.2, 0) is 19.2 Å². The van der Waals surface area contributed by atoms with Gasteiger partial charge in [0.15, 0.2) is 10.9 Å². The van der Waals surface area contributed by atoms with Crippen LogP contribution in [0, 0.1) is 0 Å². The van der Waals surface area contributed by atoms with Crippen molar-refractivity contribution in [3.05, 3.63) is 0 Å². The monoisotopic (exact) mass is 229 g/mol. The summed E-state index contributed by atoms with van der Waals surface area (Å²) in [6.45, 7) is 1.17. The highest BCUT2D eigenvalue weighted by atomic mass is 32.2. The molecule has 0 aromatic carbocycles. The Labute approximate surface area is 91.2 Å². The van der Waals surface area contributed by atoms with E-state index in [2.05, 4.69) is 0 Å². The van der Waals surface area contributed by atoms with Gasteiger partial charge in [0.1, 0.15) is 0 Å². The van der Waals surface area contributed by atoms with E-state index in [-0.39, 0.29) is 47.9 Å². The lowest BCUT2D eigenvalue weighted by Crippen LogP contribution is -2.35. The van der Waals surface area contributed by atoms with Crippen molar-refractivity contribution in [2.75, 3.05) is 12.3 Å². The van der Waals surface area contributed by atoms with E-state index >= 15 is 0 Å². The summed E-state index contributed by atoms with van der Waals surface area (Å²) >= 11 is 0.887. The van der Waals surface area contributed by atoms with Crippen LogP contribution in [0.1, 0.15) is 19.8 Å². The number of ketones is 1. The summed E-state index contributed by atoms with van der Waals surface area (Å²) < 4.78 is 0. The molecule has 6 heteroatoms. The molecule has 0 saturated carbocycles. The molecule has 1 aliphatic heterocycles. The maximum absolute atomic E-state index is 11.3. The van der Waals surface area contributed by atoms with Crippen molar-refractivity contribution in [1.82, 2.24) is 4.90 Å². The zero-order valence-corrected chi connectivity index (χ0v) is 9.13. The molecule has 1 rings (SSSR count). The fraction of sp³-hybridized carbons (Fsp3) is 0.556. The van der Waals surface area contributed by atoms with Crippen LogP contribution in [0.25, 0.3) is 0 Å². The number of amides is 2. The van der Waals surface area contributed by atoms with Crippen LogP contribution in [0.4, 0.5) is 0 Å². The van der Waals surface area contributed by atoms with Gasteiger partial charge in [-0.2, -0.15) is 0 Å². The SMILES string of the molecule is CC(=O)SCC(=O)CN1C(=O)CCC1=O. The summed E-state index contributed by atoms with van der Waals surface area (Å²) in [7, 11) is 0. The molecule has 0 spiro atoms. The molecule has 0 N–H and O–H groups in total. The van der Waals surface area contributed by atoms with Gasteiger partial charge in [0.05, 0.1) is 12.3 Å². The van der Waals surface area contributed by atoms with Gasteiger partial charge >= 0.3 is 0 Å². The molecule has 82 valence electrons. The molecule has 0 bridgehead atoms. The van der Waals surface area contributed by atoms with Crippen molar-refractivity contribution in [1.29, 1.82) is 0 Å². The van der Waals surface area contributed by atoms with Crippen LogP contribution >= 0.6 is 11.8 Å². The minimum absolute atomic E-state index is 0.0202. The fourth-order valence-electron chi connectivity index (χ4n) is 1.20. The molecule has 0 atom stereocenters. The second-order valence-electron chi connectivity index (χ2n) is 3.19. The molecule has 0 unspecified atom stereocenters. The topological polar surface area (TPSA) is 71.5 Å². The number of nitrogens with zero attached hydrogens (tertiary/aromatic N) is 1. The predicted molar refractivity (Wildman–Crippen MR) is 54.1 cm³/mol. The summed E-state index contributed by atoms with van der Waals surface area (Å²) in [6, 6.07) is 0. The number of hydrogen-bond donors (Lipinski definition) is 0. The zero-order valence-electron chi connectivity index (χ0n) is 8.32. The van der Waals surface area contributed by atoms with E-state index < -0.39 is 0 Å². The first-order valence-electron chi connectivity index (χ1n) is 4.49. The van der Waals surface area contributed by atoms with Gasteiger partial charge in [-0.3, -0.25) is 24.1 Å². The van der Waals surface area contributed by atoms with Crippen molar-refractivity contribution in [2.24, 2.45) is 0 Å². The number of rotatable bonds is 4. The number of imide groups is 1. The Hall–Kier alpha value is -1.17. The Balaban J connectivity index is 2.40. The molecule has 2 amide bonds. The van der Waals surface area contributed by atoms with Gasteiger partial charge in [-0.15, -0.1) is 0 Å². The fourth-order valence-corrected chi connectivity index (χ4v) is 1.66. The second kappa shape index (κ2) is 5.06. The van der Waals surface area contributed by atoms with E-state index in [1.165, 1.54) is 6.92 Å². The number of carbonyl (C=O) groups excluding carboxylic acids is 4. The zero-order chi connectivity index (χ0) is 11.4. The first-order valence-corrected chi connectivity index (χ1v) is 5.47. The largest absolute Gasteiger partial charge is 0.297 e. The molecular weight excluding hydrogens is 218 g/mol. The highest BCUT2D eigenvalue weighted by Gasteiger charge is 2.30. The molecule has 0 aromatic heterocycles. The number of thioether (sulfide) groups is 1. The number of likely N-dealkylation sites (tertiary alicyclic amines) is 1. The van der Waals surface area contributed by atoms with Crippen molar-refractivity contribution in [2.45, 2.75) is 19.8 Å². The average molecular weight is 229 g/mol. The Morgan fingerprint density at radius 3 is 2.27 bits per heavy atom. The van der Waals surface area contributed by atoms with Gasteiger partial charge < -0.3 is 0 Å². The molecule has 1 aliphatic rings. The van der Waals surface area contributed by atoms with E-state index in [4.69, 9.17) is 0 Å². The third-order valence-electron chi connectivity index (χ3n) is 1.93. The van der Waals surface area contributed by atoms with Gasteiger partial charge in [0, 0.05) is 19.8 Å². The van der Waals surface area contributed by atoms with Crippen molar-refractivity contribution in [3.63, 3.8) is 0 Å². The quantitative estimate of drug-likeness (QED) is 0.634. The molecular formula is C9H11NO4S. The maximum Gasteiger partial charge on any atom is 0.230 e. The molecule has 0 aliphatic carbocycles. The van der Waals surface area contributed by atoms with Crippen LogP contribution in [0.5, 0.6) is 0 Å². The summed E-state index contributed by atoms with van der Waals surface area (Å²) in [6.07, 6.45) is 0.373. The van der Waals surface area contributed by atoms with Gasteiger partial charge in [0.25, 0.3) is 0 Å². The molecule has 1 saturated heterocycles. The lowest BCUT2D eigenvalue weighted by molar-refractivity contribution is -0.141. The normalized spacial score (nSPS) is 15.9. The van der Waals surface area contributed by atoms with E-state index in [9.17, 15) is 19.2 Å². The minimum Gasteiger partial charge on any atom is -0.297 e. The molecule has 1 fully saturated rings. The molecule has 1 heterocycles. The first-order chi connectivity index (χ1) is 7.00. The Morgan fingerprint density at radius 1 is 1.27 bits per heavy atom. The Morgan fingerprint density at radius 2 is 1.80 bits per heavy atom. The smallest absolute Gasteiger partial charge is 0.230 e. The van der Waals surface area contributed by atoms with Crippen LogP contribution in [0.15, 0.2) is 0 Å². The summed E-state index contributed by atoms with van der Waals surface area (Å²) in [5.41, 5.74) is 0. The van der Waals surface area contributed by atoms with Crippen molar-refractivity contribution >= 4 is 34.5 Å². The minimum atomic E-state index is -0.304. The average Bonchev–Trinajstić information content (AvgIpc) is 2.46. The third kappa shape index (κ3) is 3.47. The Kier molecular flexibility index (Phi) is 4.02. The lowest BCUT2D eigenvalue weighted by Gasteiger charge is -2.11. The summed E-state index contributed by atoms with van der Waals surface area (Å²) in [5, 5.41) is -0.151. The van der Waals surface area contributed by atoms with Crippen LogP contribution < -0.4 is 0 Å². The highest BCUT2D eigenvalue weighted by molar-refractivity contribution is 8.14. The van der Waals surface area contributed by atoms with E-state index in [0.717, 1.165) is 16.7 Å². The maximum atomic E-state index is 11.3. The van der Waals surface area contributed by atoms with Crippen molar-refractivity contribution < 1.29 is 19.2 Å².